The predicted molar refractivity (Wildman–Crippen MR) is 100.0 cm³/mol. The number of methoxy groups -OCH3 is 2. The fourth-order valence-corrected chi connectivity index (χ4v) is 2.24. The van der Waals surface area contributed by atoms with E-state index in [0.29, 0.717) is 22.8 Å². The molecule has 25 heavy (non-hydrogen) atoms. The average molecular weight is 341 g/mol. The number of ether oxygens (including phenoxy) is 2. The zero-order valence-electron chi connectivity index (χ0n) is 15.2. The summed E-state index contributed by atoms with van der Waals surface area (Å²) in [5.74, 6) is 0.995. The molecular formula is C19H23N3O3. The van der Waals surface area contributed by atoms with E-state index in [4.69, 9.17) is 9.47 Å². The Morgan fingerprint density at radius 1 is 0.960 bits per heavy atom. The fourth-order valence-electron chi connectivity index (χ4n) is 2.24. The predicted octanol–water partition coefficient (Wildman–Crippen LogP) is 2.92. The van der Waals surface area contributed by atoms with E-state index < -0.39 is 0 Å². The summed E-state index contributed by atoms with van der Waals surface area (Å²) in [6.45, 7) is 1.82. The van der Waals surface area contributed by atoms with Gasteiger partial charge in [0.2, 0.25) is 0 Å². The lowest BCUT2D eigenvalue weighted by molar-refractivity contribution is 0.0955. The third kappa shape index (κ3) is 4.50. The van der Waals surface area contributed by atoms with Crippen LogP contribution in [-0.4, -0.2) is 39.9 Å². The molecule has 0 atom stereocenters. The van der Waals surface area contributed by atoms with Crippen LogP contribution < -0.4 is 19.8 Å². The van der Waals surface area contributed by atoms with Gasteiger partial charge in [-0.15, -0.1) is 0 Å². The van der Waals surface area contributed by atoms with E-state index in [1.807, 2.05) is 50.2 Å². The van der Waals surface area contributed by atoms with E-state index in [1.54, 1.807) is 32.4 Å². The molecule has 0 radical (unpaired) electrons. The largest absolute Gasteiger partial charge is 0.493 e. The maximum absolute atomic E-state index is 12.2. The molecule has 0 aromatic heterocycles. The van der Waals surface area contributed by atoms with Crippen LogP contribution in [0.3, 0.4) is 0 Å². The highest BCUT2D eigenvalue weighted by Gasteiger charge is 2.08. The SMILES string of the molecule is COc1ccc(/C(C)=N/NC(=O)c2ccc(N(C)C)cc2)cc1OC. The average Bonchev–Trinajstić information content (AvgIpc) is 2.65. The lowest BCUT2D eigenvalue weighted by Gasteiger charge is -2.12. The van der Waals surface area contributed by atoms with Gasteiger partial charge < -0.3 is 14.4 Å². The zero-order chi connectivity index (χ0) is 18.4. The molecule has 0 saturated carbocycles. The summed E-state index contributed by atoms with van der Waals surface area (Å²) in [7, 11) is 7.06. The highest BCUT2D eigenvalue weighted by Crippen LogP contribution is 2.27. The Morgan fingerprint density at radius 3 is 2.12 bits per heavy atom. The molecule has 0 heterocycles. The quantitative estimate of drug-likeness (QED) is 0.648. The number of hydrazone groups is 1. The van der Waals surface area contributed by atoms with E-state index in [0.717, 1.165) is 11.3 Å². The van der Waals surface area contributed by atoms with Crippen molar-refractivity contribution < 1.29 is 14.3 Å². The molecule has 0 aliphatic heterocycles. The van der Waals surface area contributed by atoms with E-state index >= 15 is 0 Å². The molecule has 6 nitrogen and oxygen atoms in total. The Kier molecular flexibility index (Phi) is 6.00. The minimum Gasteiger partial charge on any atom is -0.493 e. The smallest absolute Gasteiger partial charge is 0.271 e. The molecule has 0 aliphatic rings. The van der Waals surface area contributed by atoms with Crippen molar-refractivity contribution in [1.29, 1.82) is 0 Å². The van der Waals surface area contributed by atoms with Crippen molar-refractivity contribution in [3.05, 3.63) is 53.6 Å². The number of hydrogen-bond acceptors (Lipinski definition) is 5. The van der Waals surface area contributed by atoms with Crippen LogP contribution in [0, 0.1) is 0 Å². The first-order chi connectivity index (χ1) is 12.0. The van der Waals surface area contributed by atoms with Crippen LogP contribution in [0.1, 0.15) is 22.8 Å². The van der Waals surface area contributed by atoms with Gasteiger partial charge in [-0.05, 0) is 49.4 Å². The molecule has 0 aliphatic carbocycles. The number of benzene rings is 2. The fraction of sp³-hybridized carbons (Fsp3) is 0.263. The highest BCUT2D eigenvalue weighted by molar-refractivity contribution is 6.01. The minimum atomic E-state index is -0.259. The van der Waals surface area contributed by atoms with Crippen LogP contribution in [0.25, 0.3) is 0 Å². The standard InChI is InChI=1S/C19H23N3O3/c1-13(15-8-11-17(24-4)18(12-15)25-5)20-21-19(23)14-6-9-16(10-7-14)22(2)3/h6-12H,1-5H3,(H,21,23)/b20-13+. The number of nitrogens with one attached hydrogen (secondary N) is 1. The van der Waals surface area contributed by atoms with Gasteiger partial charge in [0.05, 0.1) is 19.9 Å². The van der Waals surface area contributed by atoms with Gasteiger partial charge in [-0.3, -0.25) is 4.79 Å². The monoisotopic (exact) mass is 341 g/mol. The second kappa shape index (κ2) is 8.19. The van der Waals surface area contributed by atoms with Crippen LogP contribution in [-0.2, 0) is 0 Å². The van der Waals surface area contributed by atoms with Gasteiger partial charge in [0.25, 0.3) is 5.91 Å². The van der Waals surface area contributed by atoms with Crippen molar-refractivity contribution in [2.45, 2.75) is 6.92 Å². The summed E-state index contributed by atoms with van der Waals surface area (Å²) < 4.78 is 10.5. The minimum absolute atomic E-state index is 0.259. The van der Waals surface area contributed by atoms with E-state index in [9.17, 15) is 4.79 Å². The molecular weight excluding hydrogens is 318 g/mol. The molecule has 132 valence electrons. The van der Waals surface area contributed by atoms with E-state index in [2.05, 4.69) is 10.5 Å². The summed E-state index contributed by atoms with van der Waals surface area (Å²) in [5.41, 5.74) is 5.66. The number of carbonyl (C=O) groups is 1. The van der Waals surface area contributed by atoms with Crippen molar-refractivity contribution in [3.63, 3.8) is 0 Å². The molecule has 0 saturated heterocycles. The van der Waals surface area contributed by atoms with Gasteiger partial charge in [-0.25, -0.2) is 5.43 Å². The van der Waals surface area contributed by atoms with Crippen molar-refractivity contribution in [2.75, 3.05) is 33.2 Å². The molecule has 2 rings (SSSR count). The molecule has 0 spiro atoms. The molecule has 2 aromatic carbocycles. The third-order valence-electron chi connectivity index (χ3n) is 3.77. The Morgan fingerprint density at radius 2 is 1.56 bits per heavy atom. The first-order valence-corrected chi connectivity index (χ1v) is 7.80. The number of hydrogen-bond donors (Lipinski definition) is 1. The summed E-state index contributed by atoms with van der Waals surface area (Å²) in [5, 5.41) is 4.17. The van der Waals surface area contributed by atoms with Crippen LogP contribution in [0.2, 0.25) is 0 Å². The molecule has 1 N–H and O–H groups in total. The van der Waals surface area contributed by atoms with Crippen molar-refractivity contribution in [2.24, 2.45) is 5.10 Å². The van der Waals surface area contributed by atoms with Crippen LogP contribution in [0.4, 0.5) is 5.69 Å². The topological polar surface area (TPSA) is 63.2 Å². The van der Waals surface area contributed by atoms with Gasteiger partial charge in [0.15, 0.2) is 11.5 Å². The number of nitrogens with zero attached hydrogens (tertiary/aromatic N) is 2. The Bertz CT molecular complexity index is 768. The summed E-state index contributed by atoms with van der Waals surface area (Å²) >= 11 is 0. The van der Waals surface area contributed by atoms with E-state index in [1.165, 1.54) is 0 Å². The number of anilines is 1. The maximum atomic E-state index is 12.2. The Balaban J connectivity index is 2.11. The van der Waals surface area contributed by atoms with Gasteiger partial charge in [0, 0.05) is 30.9 Å². The van der Waals surface area contributed by atoms with Gasteiger partial charge in [-0.2, -0.15) is 5.10 Å². The van der Waals surface area contributed by atoms with Crippen LogP contribution in [0.5, 0.6) is 11.5 Å². The second-order valence-corrected chi connectivity index (χ2v) is 5.65. The summed E-state index contributed by atoms with van der Waals surface area (Å²) in [4.78, 5) is 14.2. The molecule has 6 heteroatoms. The summed E-state index contributed by atoms with van der Waals surface area (Å²) in [6.07, 6.45) is 0. The lowest BCUT2D eigenvalue weighted by atomic mass is 10.1. The zero-order valence-corrected chi connectivity index (χ0v) is 15.2. The number of rotatable bonds is 6. The Hall–Kier alpha value is -3.02. The summed E-state index contributed by atoms with van der Waals surface area (Å²) in [6, 6.07) is 12.8. The highest BCUT2D eigenvalue weighted by atomic mass is 16.5. The number of carbonyl (C=O) groups excluding carboxylic acids is 1. The van der Waals surface area contributed by atoms with Crippen LogP contribution >= 0.6 is 0 Å². The van der Waals surface area contributed by atoms with Gasteiger partial charge in [0.1, 0.15) is 0 Å². The molecule has 2 aromatic rings. The van der Waals surface area contributed by atoms with Crippen molar-refractivity contribution in [1.82, 2.24) is 5.43 Å². The molecule has 0 bridgehead atoms. The first-order valence-electron chi connectivity index (χ1n) is 7.80. The molecule has 1 amide bonds. The molecule has 0 fully saturated rings. The van der Waals surface area contributed by atoms with Crippen molar-refractivity contribution in [3.8, 4) is 11.5 Å². The second-order valence-electron chi connectivity index (χ2n) is 5.65. The lowest BCUT2D eigenvalue weighted by Crippen LogP contribution is -2.19. The first kappa shape index (κ1) is 18.3. The van der Waals surface area contributed by atoms with Gasteiger partial charge >= 0.3 is 0 Å². The van der Waals surface area contributed by atoms with Crippen LogP contribution in [0.15, 0.2) is 47.6 Å². The Labute approximate surface area is 148 Å². The molecule has 0 unspecified atom stereocenters. The number of amides is 1. The van der Waals surface area contributed by atoms with Gasteiger partial charge in [-0.1, -0.05) is 0 Å². The third-order valence-corrected chi connectivity index (χ3v) is 3.77. The maximum Gasteiger partial charge on any atom is 0.271 e. The van der Waals surface area contributed by atoms with Crippen molar-refractivity contribution >= 4 is 17.3 Å². The normalized spacial score (nSPS) is 11.0. The van der Waals surface area contributed by atoms with E-state index in [-0.39, 0.29) is 5.91 Å².